The number of carbonyl (C=O) groups excluding carboxylic acids is 1. The highest BCUT2D eigenvalue weighted by Crippen LogP contribution is 2.26. The summed E-state index contributed by atoms with van der Waals surface area (Å²) in [5, 5.41) is 3.06. The van der Waals surface area contributed by atoms with Crippen molar-refractivity contribution in [2.45, 2.75) is 58.1 Å². The molecule has 0 radical (unpaired) electrons. The van der Waals surface area contributed by atoms with Gasteiger partial charge in [0.1, 0.15) is 0 Å². The first kappa shape index (κ1) is 23.0. The average molecular weight is 378 g/mol. The Balaban J connectivity index is 0.00000264. The van der Waals surface area contributed by atoms with Gasteiger partial charge in [-0.05, 0) is 44.7 Å². The van der Waals surface area contributed by atoms with Crippen LogP contribution in [0, 0.1) is 5.92 Å². The number of nitrogens with two attached hydrogens (primary N) is 1. The molecule has 24 heavy (non-hydrogen) atoms. The average Bonchev–Trinajstić information content (AvgIpc) is 2.53. The predicted molar refractivity (Wildman–Crippen MR) is 101 cm³/mol. The quantitative estimate of drug-likeness (QED) is 0.796. The number of amides is 1. The Morgan fingerprint density at radius 2 is 2.00 bits per heavy atom. The number of hydrogen-bond acceptors (Lipinski definition) is 4. The highest BCUT2D eigenvalue weighted by Gasteiger charge is 2.26. The molecule has 1 saturated carbocycles. The van der Waals surface area contributed by atoms with Gasteiger partial charge in [-0.1, -0.05) is 19.3 Å². The van der Waals surface area contributed by atoms with E-state index in [9.17, 15) is 4.79 Å². The molecular formula is C17H29Cl2N3O2. The molecule has 1 unspecified atom stereocenters. The first-order valence-corrected chi connectivity index (χ1v) is 8.24. The lowest BCUT2D eigenvalue weighted by Gasteiger charge is -2.30. The zero-order valence-electron chi connectivity index (χ0n) is 14.4. The first-order valence-electron chi connectivity index (χ1n) is 8.24. The predicted octanol–water partition coefficient (Wildman–Crippen LogP) is 3.35. The summed E-state index contributed by atoms with van der Waals surface area (Å²) in [5.41, 5.74) is 6.22. The summed E-state index contributed by atoms with van der Waals surface area (Å²) < 4.78 is 5.67. The molecule has 1 heterocycles. The van der Waals surface area contributed by atoms with Crippen LogP contribution >= 0.6 is 24.8 Å². The number of aromatic nitrogens is 1. The minimum atomic E-state index is -0.197. The molecule has 0 bridgehead atoms. The highest BCUT2D eigenvalue weighted by molar-refractivity contribution is 5.95. The summed E-state index contributed by atoms with van der Waals surface area (Å²) in [6.45, 7) is 4.32. The van der Waals surface area contributed by atoms with Crippen molar-refractivity contribution in [1.29, 1.82) is 0 Å². The normalized spacial score (nSPS) is 15.8. The Bertz CT molecular complexity index is 494. The van der Waals surface area contributed by atoms with E-state index in [1.54, 1.807) is 18.3 Å². The van der Waals surface area contributed by atoms with Crippen molar-refractivity contribution >= 4 is 30.7 Å². The molecule has 1 fully saturated rings. The molecule has 7 heteroatoms. The Hall–Kier alpha value is -1.04. The third-order valence-electron chi connectivity index (χ3n) is 4.14. The number of rotatable bonds is 6. The fraction of sp³-hybridized carbons (Fsp3) is 0.647. The second-order valence-corrected chi connectivity index (χ2v) is 6.23. The van der Waals surface area contributed by atoms with Crippen molar-refractivity contribution in [3.05, 3.63) is 24.0 Å². The molecule has 138 valence electrons. The van der Waals surface area contributed by atoms with Gasteiger partial charge in [0.2, 0.25) is 0 Å². The lowest BCUT2D eigenvalue weighted by atomic mass is 9.84. The Morgan fingerprint density at radius 1 is 1.33 bits per heavy atom. The number of hydrogen-bond donors (Lipinski definition) is 2. The van der Waals surface area contributed by atoms with Crippen LogP contribution < -0.4 is 15.8 Å². The molecule has 0 spiro atoms. The lowest BCUT2D eigenvalue weighted by molar-refractivity contribution is 0.0904. The maximum Gasteiger partial charge on any atom is 0.274 e. The topological polar surface area (TPSA) is 77.2 Å². The molecule has 0 aromatic carbocycles. The monoisotopic (exact) mass is 377 g/mol. The molecule has 5 nitrogen and oxygen atoms in total. The smallest absolute Gasteiger partial charge is 0.274 e. The largest absolute Gasteiger partial charge is 0.489 e. The van der Waals surface area contributed by atoms with E-state index in [1.165, 1.54) is 19.3 Å². The molecule has 0 aliphatic heterocycles. The molecule has 1 aliphatic rings. The maximum atomic E-state index is 12.5. The van der Waals surface area contributed by atoms with Gasteiger partial charge in [-0.2, -0.15) is 0 Å². The van der Waals surface area contributed by atoms with Gasteiger partial charge >= 0.3 is 0 Å². The van der Waals surface area contributed by atoms with Gasteiger partial charge in [0.25, 0.3) is 5.91 Å². The number of nitrogens with one attached hydrogen (secondary N) is 1. The Labute approximate surface area is 156 Å². The fourth-order valence-corrected chi connectivity index (χ4v) is 3.05. The number of nitrogens with zero attached hydrogens (tertiary/aromatic N) is 1. The molecule has 1 aromatic heterocycles. The molecule has 3 N–H and O–H groups in total. The van der Waals surface area contributed by atoms with Crippen molar-refractivity contribution in [3.8, 4) is 5.75 Å². The summed E-state index contributed by atoms with van der Waals surface area (Å²) in [4.78, 5) is 16.7. The summed E-state index contributed by atoms with van der Waals surface area (Å²) in [6.07, 6.45) is 7.62. The molecule has 1 aromatic rings. The second-order valence-electron chi connectivity index (χ2n) is 6.23. The van der Waals surface area contributed by atoms with E-state index in [0.29, 0.717) is 23.9 Å². The third-order valence-corrected chi connectivity index (χ3v) is 4.14. The van der Waals surface area contributed by atoms with Crippen LogP contribution in [-0.2, 0) is 0 Å². The number of ether oxygens (including phenoxy) is 1. The van der Waals surface area contributed by atoms with Crippen LogP contribution in [0.3, 0.4) is 0 Å². The lowest BCUT2D eigenvalue weighted by Crippen LogP contribution is -2.46. The van der Waals surface area contributed by atoms with Crippen molar-refractivity contribution < 1.29 is 9.53 Å². The van der Waals surface area contributed by atoms with Gasteiger partial charge in [0.15, 0.2) is 11.4 Å². The van der Waals surface area contributed by atoms with E-state index in [2.05, 4.69) is 10.3 Å². The fourth-order valence-electron chi connectivity index (χ4n) is 3.05. The second kappa shape index (κ2) is 11.5. The van der Waals surface area contributed by atoms with E-state index in [-0.39, 0.29) is 42.9 Å². The first-order chi connectivity index (χ1) is 10.6. The molecule has 1 aliphatic carbocycles. The standard InChI is InChI=1S/C17H27N3O2.2ClH/c1-12(2)22-15-9-6-10-19-16(15)17(21)20-14(11-18)13-7-4-3-5-8-13;;/h6,9-10,12-14H,3-5,7-8,11,18H2,1-2H3,(H,20,21);2*1H. The number of carbonyl (C=O) groups is 1. The molecule has 2 rings (SSSR count). The maximum absolute atomic E-state index is 12.5. The SMILES string of the molecule is CC(C)Oc1cccnc1C(=O)NC(CN)C1CCCCC1.Cl.Cl. The van der Waals surface area contributed by atoms with Gasteiger partial charge in [-0.3, -0.25) is 4.79 Å². The number of halogens is 2. The summed E-state index contributed by atoms with van der Waals surface area (Å²) in [7, 11) is 0. The van der Waals surface area contributed by atoms with Crippen LogP contribution in [0.5, 0.6) is 5.75 Å². The van der Waals surface area contributed by atoms with Gasteiger partial charge in [0.05, 0.1) is 6.10 Å². The van der Waals surface area contributed by atoms with E-state index < -0.39 is 0 Å². The van der Waals surface area contributed by atoms with Gasteiger partial charge in [-0.15, -0.1) is 24.8 Å². The summed E-state index contributed by atoms with van der Waals surface area (Å²) >= 11 is 0. The Kier molecular flexibility index (Phi) is 11.0. The van der Waals surface area contributed by atoms with Crippen LogP contribution in [0.25, 0.3) is 0 Å². The molecular weight excluding hydrogens is 349 g/mol. The van der Waals surface area contributed by atoms with E-state index in [1.807, 2.05) is 13.8 Å². The van der Waals surface area contributed by atoms with Crippen LogP contribution in [-0.4, -0.2) is 29.6 Å². The van der Waals surface area contributed by atoms with Crippen molar-refractivity contribution in [2.24, 2.45) is 11.7 Å². The van der Waals surface area contributed by atoms with Crippen LogP contribution in [0.15, 0.2) is 18.3 Å². The Morgan fingerprint density at radius 3 is 2.58 bits per heavy atom. The highest BCUT2D eigenvalue weighted by atomic mass is 35.5. The summed E-state index contributed by atoms with van der Waals surface area (Å²) in [6, 6.07) is 3.57. The van der Waals surface area contributed by atoms with Gasteiger partial charge < -0.3 is 15.8 Å². The molecule has 1 atom stereocenters. The zero-order chi connectivity index (χ0) is 15.9. The van der Waals surface area contributed by atoms with Crippen LogP contribution in [0.2, 0.25) is 0 Å². The van der Waals surface area contributed by atoms with E-state index in [4.69, 9.17) is 10.5 Å². The molecule has 0 saturated heterocycles. The summed E-state index contributed by atoms with van der Waals surface area (Å²) in [5.74, 6) is 0.799. The van der Waals surface area contributed by atoms with E-state index in [0.717, 1.165) is 12.8 Å². The van der Waals surface area contributed by atoms with Gasteiger partial charge in [-0.25, -0.2) is 4.98 Å². The zero-order valence-corrected chi connectivity index (χ0v) is 16.0. The minimum Gasteiger partial charge on any atom is -0.489 e. The van der Waals surface area contributed by atoms with Crippen molar-refractivity contribution in [2.75, 3.05) is 6.54 Å². The van der Waals surface area contributed by atoms with Crippen molar-refractivity contribution in [1.82, 2.24) is 10.3 Å². The van der Waals surface area contributed by atoms with Gasteiger partial charge in [0, 0.05) is 18.8 Å². The minimum absolute atomic E-state index is 0. The third kappa shape index (κ3) is 6.46. The molecule has 1 amide bonds. The van der Waals surface area contributed by atoms with Crippen molar-refractivity contribution in [3.63, 3.8) is 0 Å². The number of pyridine rings is 1. The van der Waals surface area contributed by atoms with Crippen LogP contribution in [0.1, 0.15) is 56.4 Å². The van der Waals surface area contributed by atoms with Crippen LogP contribution in [0.4, 0.5) is 0 Å². The van der Waals surface area contributed by atoms with E-state index >= 15 is 0 Å².